The van der Waals surface area contributed by atoms with Crippen molar-refractivity contribution in [2.75, 3.05) is 6.54 Å². The Labute approximate surface area is 127 Å². The third-order valence-corrected chi connectivity index (χ3v) is 5.31. The van der Waals surface area contributed by atoms with Gasteiger partial charge in [-0.05, 0) is 41.7 Å². The van der Waals surface area contributed by atoms with Gasteiger partial charge in [0.25, 0.3) is 5.91 Å². The Morgan fingerprint density at radius 1 is 1.15 bits per heavy atom. The highest BCUT2D eigenvalue weighted by Crippen LogP contribution is 2.30. The van der Waals surface area contributed by atoms with Gasteiger partial charge < -0.3 is 5.32 Å². The first kappa shape index (κ1) is 13.6. The molecule has 2 aromatic rings. The summed E-state index contributed by atoms with van der Waals surface area (Å²) in [5, 5.41) is 5.34. The van der Waals surface area contributed by atoms with Gasteiger partial charge in [-0.25, -0.2) is 0 Å². The molecule has 1 aliphatic carbocycles. The summed E-state index contributed by atoms with van der Waals surface area (Å²) in [7, 11) is 0. The lowest BCUT2D eigenvalue weighted by molar-refractivity contribution is 0.0948. The minimum atomic E-state index is 0.0300. The van der Waals surface area contributed by atoms with E-state index in [-0.39, 0.29) is 5.91 Å². The highest BCUT2D eigenvalue weighted by molar-refractivity contribution is 9.09. The van der Waals surface area contributed by atoms with Gasteiger partial charge in [-0.3, -0.25) is 4.79 Å². The lowest BCUT2D eigenvalue weighted by Gasteiger charge is -2.14. The van der Waals surface area contributed by atoms with E-state index in [2.05, 4.69) is 27.3 Å². The fraction of sp³-hybridized carbons (Fsp3) is 0.353. The average Bonchev–Trinajstić information content (AvgIpc) is 2.89. The molecule has 0 aromatic heterocycles. The number of hydrogen-bond donors (Lipinski definition) is 1. The lowest BCUT2D eigenvalue weighted by atomic mass is 10.1. The molecule has 0 aliphatic heterocycles. The van der Waals surface area contributed by atoms with E-state index in [1.165, 1.54) is 24.6 Å². The molecule has 0 radical (unpaired) electrons. The summed E-state index contributed by atoms with van der Waals surface area (Å²) in [6, 6.07) is 14.0. The van der Waals surface area contributed by atoms with Crippen LogP contribution in [-0.2, 0) is 0 Å². The summed E-state index contributed by atoms with van der Waals surface area (Å²) in [5.41, 5.74) is 0.743. The van der Waals surface area contributed by atoms with Crippen LogP contribution in [0, 0.1) is 5.92 Å². The number of benzene rings is 2. The van der Waals surface area contributed by atoms with Crippen molar-refractivity contribution in [3.63, 3.8) is 0 Å². The van der Waals surface area contributed by atoms with Crippen LogP contribution in [0.1, 0.15) is 29.6 Å². The number of halogens is 1. The predicted octanol–water partition coefficient (Wildman–Crippen LogP) is 4.13. The Morgan fingerprint density at radius 3 is 2.70 bits per heavy atom. The molecule has 0 saturated heterocycles. The molecule has 1 N–H and O–H groups in total. The molecule has 20 heavy (non-hydrogen) atoms. The first-order valence-electron chi connectivity index (χ1n) is 7.15. The molecule has 2 unspecified atom stereocenters. The fourth-order valence-electron chi connectivity index (χ4n) is 2.88. The second kappa shape index (κ2) is 5.96. The van der Waals surface area contributed by atoms with Crippen LogP contribution < -0.4 is 5.32 Å². The Morgan fingerprint density at radius 2 is 1.95 bits per heavy atom. The van der Waals surface area contributed by atoms with E-state index in [9.17, 15) is 4.79 Å². The molecule has 2 aromatic carbocycles. The van der Waals surface area contributed by atoms with E-state index >= 15 is 0 Å². The Bertz CT molecular complexity index is 625. The second-order valence-electron chi connectivity index (χ2n) is 5.48. The Hall–Kier alpha value is -1.35. The molecule has 3 heteroatoms. The zero-order valence-electron chi connectivity index (χ0n) is 11.3. The van der Waals surface area contributed by atoms with Crippen LogP contribution in [0.3, 0.4) is 0 Å². The van der Waals surface area contributed by atoms with E-state index in [0.29, 0.717) is 10.7 Å². The van der Waals surface area contributed by atoms with Crippen LogP contribution >= 0.6 is 15.9 Å². The number of alkyl halides is 1. The summed E-state index contributed by atoms with van der Waals surface area (Å²) < 4.78 is 0. The van der Waals surface area contributed by atoms with E-state index < -0.39 is 0 Å². The van der Waals surface area contributed by atoms with Crippen LogP contribution in [0.5, 0.6) is 0 Å². The number of amides is 1. The molecular formula is C17H18BrNO. The van der Waals surface area contributed by atoms with Gasteiger partial charge in [0.1, 0.15) is 0 Å². The van der Waals surface area contributed by atoms with Gasteiger partial charge >= 0.3 is 0 Å². The molecule has 2 nitrogen and oxygen atoms in total. The van der Waals surface area contributed by atoms with Crippen LogP contribution in [0.25, 0.3) is 10.8 Å². The molecule has 1 saturated carbocycles. The number of carbonyl (C=O) groups excluding carboxylic acids is 1. The molecule has 3 rings (SSSR count). The van der Waals surface area contributed by atoms with Crippen molar-refractivity contribution < 1.29 is 4.79 Å². The normalized spacial score (nSPS) is 22.1. The first-order chi connectivity index (χ1) is 9.74. The summed E-state index contributed by atoms with van der Waals surface area (Å²) in [6.45, 7) is 0.765. The monoisotopic (exact) mass is 331 g/mol. The van der Waals surface area contributed by atoms with Gasteiger partial charge in [-0.15, -0.1) is 0 Å². The SMILES string of the molecule is O=C(NCC1CCCC1Br)c1ccc2ccccc2c1. The number of carbonyl (C=O) groups is 1. The van der Waals surface area contributed by atoms with Crippen molar-refractivity contribution in [1.29, 1.82) is 0 Å². The van der Waals surface area contributed by atoms with E-state index in [0.717, 1.165) is 17.5 Å². The highest BCUT2D eigenvalue weighted by Gasteiger charge is 2.25. The van der Waals surface area contributed by atoms with Crippen molar-refractivity contribution in [1.82, 2.24) is 5.32 Å². The summed E-state index contributed by atoms with van der Waals surface area (Å²) >= 11 is 3.69. The summed E-state index contributed by atoms with van der Waals surface area (Å²) in [5.74, 6) is 0.599. The second-order valence-corrected chi connectivity index (χ2v) is 6.66. The Kier molecular flexibility index (Phi) is 4.06. The molecule has 2 atom stereocenters. The van der Waals surface area contributed by atoms with Crippen LogP contribution in [0.2, 0.25) is 0 Å². The number of nitrogens with one attached hydrogen (secondary N) is 1. The predicted molar refractivity (Wildman–Crippen MR) is 86.3 cm³/mol. The van der Waals surface area contributed by atoms with Crippen molar-refractivity contribution in [2.24, 2.45) is 5.92 Å². The van der Waals surface area contributed by atoms with Gasteiger partial charge in [-0.2, -0.15) is 0 Å². The largest absolute Gasteiger partial charge is 0.352 e. The molecule has 1 amide bonds. The minimum Gasteiger partial charge on any atom is -0.352 e. The van der Waals surface area contributed by atoms with E-state index in [1.807, 2.05) is 36.4 Å². The van der Waals surface area contributed by atoms with Gasteiger partial charge in [-0.1, -0.05) is 52.7 Å². The maximum Gasteiger partial charge on any atom is 0.251 e. The van der Waals surface area contributed by atoms with Crippen LogP contribution in [0.4, 0.5) is 0 Å². The number of fused-ring (bicyclic) bond motifs is 1. The molecule has 1 aliphatic rings. The average molecular weight is 332 g/mol. The topological polar surface area (TPSA) is 29.1 Å². The van der Waals surface area contributed by atoms with Crippen LogP contribution in [0.15, 0.2) is 42.5 Å². The standard InChI is InChI=1S/C17H18BrNO/c18-16-7-3-6-15(16)11-19-17(20)14-9-8-12-4-1-2-5-13(12)10-14/h1-2,4-5,8-10,15-16H,3,6-7,11H2,(H,19,20). The smallest absolute Gasteiger partial charge is 0.251 e. The molecular weight excluding hydrogens is 314 g/mol. The maximum atomic E-state index is 12.2. The zero-order valence-corrected chi connectivity index (χ0v) is 12.9. The third kappa shape index (κ3) is 2.88. The molecule has 104 valence electrons. The summed E-state index contributed by atoms with van der Waals surface area (Å²) in [4.78, 5) is 12.8. The van der Waals surface area contributed by atoms with Crippen molar-refractivity contribution in [2.45, 2.75) is 24.1 Å². The number of rotatable bonds is 3. The van der Waals surface area contributed by atoms with Gasteiger partial charge in [0.2, 0.25) is 0 Å². The van der Waals surface area contributed by atoms with Gasteiger partial charge in [0.15, 0.2) is 0 Å². The maximum absolute atomic E-state index is 12.2. The van der Waals surface area contributed by atoms with E-state index in [4.69, 9.17) is 0 Å². The van der Waals surface area contributed by atoms with Crippen molar-refractivity contribution in [3.05, 3.63) is 48.0 Å². The van der Waals surface area contributed by atoms with Crippen LogP contribution in [-0.4, -0.2) is 17.3 Å². The molecule has 0 spiro atoms. The van der Waals surface area contributed by atoms with Crippen molar-refractivity contribution in [3.8, 4) is 0 Å². The zero-order chi connectivity index (χ0) is 13.9. The summed E-state index contributed by atoms with van der Waals surface area (Å²) in [6.07, 6.45) is 3.68. The highest BCUT2D eigenvalue weighted by atomic mass is 79.9. The van der Waals surface area contributed by atoms with E-state index in [1.54, 1.807) is 0 Å². The molecule has 0 bridgehead atoms. The quantitative estimate of drug-likeness (QED) is 0.841. The first-order valence-corrected chi connectivity index (χ1v) is 8.07. The van der Waals surface area contributed by atoms with Crippen molar-refractivity contribution >= 4 is 32.6 Å². The fourth-order valence-corrected chi connectivity index (χ4v) is 3.65. The molecule has 0 heterocycles. The minimum absolute atomic E-state index is 0.0300. The molecule has 1 fully saturated rings. The van der Waals surface area contributed by atoms with Gasteiger partial charge in [0, 0.05) is 16.9 Å². The number of hydrogen-bond acceptors (Lipinski definition) is 1. The lowest BCUT2D eigenvalue weighted by Crippen LogP contribution is -2.30. The Balaban J connectivity index is 1.69. The third-order valence-electron chi connectivity index (χ3n) is 4.10. The van der Waals surface area contributed by atoms with Gasteiger partial charge in [0.05, 0.1) is 0 Å².